The summed E-state index contributed by atoms with van der Waals surface area (Å²) in [6.07, 6.45) is -4.29. The van der Waals surface area contributed by atoms with Crippen molar-refractivity contribution in [2.75, 3.05) is 5.32 Å². The standard InChI is InChI=1S/C21H19F3N2O3S/c1-14-10-11-20(29-14,21(22,23)24)18(27)26-19(30)25-16-8-5-9-17(12-16)28-13-15-6-3-2-4-7-15/h2-10,12H,11,13H2,1H3,(H2,25,26,27,30). The first-order chi connectivity index (χ1) is 14.2. The van der Waals surface area contributed by atoms with E-state index < -0.39 is 24.1 Å². The Morgan fingerprint density at radius 1 is 1.20 bits per heavy atom. The third-order valence-corrected chi connectivity index (χ3v) is 4.61. The highest BCUT2D eigenvalue weighted by Gasteiger charge is 2.64. The first-order valence-corrected chi connectivity index (χ1v) is 9.42. The number of amides is 1. The Morgan fingerprint density at radius 3 is 2.57 bits per heavy atom. The fraction of sp³-hybridized carbons (Fsp3) is 0.238. The second kappa shape index (κ2) is 8.74. The number of hydrogen-bond acceptors (Lipinski definition) is 4. The third kappa shape index (κ3) is 4.91. The lowest BCUT2D eigenvalue weighted by atomic mass is 9.99. The molecule has 0 radical (unpaired) electrons. The highest BCUT2D eigenvalue weighted by Crippen LogP contribution is 2.42. The molecule has 9 heteroatoms. The van der Waals surface area contributed by atoms with Crippen LogP contribution in [0.4, 0.5) is 18.9 Å². The molecule has 1 aliphatic heterocycles. The van der Waals surface area contributed by atoms with Gasteiger partial charge in [0.05, 0.1) is 5.76 Å². The average Bonchev–Trinajstić information content (AvgIpc) is 3.11. The molecule has 0 fully saturated rings. The van der Waals surface area contributed by atoms with Crippen molar-refractivity contribution in [2.45, 2.75) is 31.7 Å². The Bertz CT molecular complexity index is 963. The number of rotatable bonds is 5. The molecule has 1 unspecified atom stereocenters. The summed E-state index contributed by atoms with van der Waals surface area (Å²) in [7, 11) is 0. The summed E-state index contributed by atoms with van der Waals surface area (Å²) >= 11 is 5.01. The van der Waals surface area contributed by atoms with Gasteiger partial charge in [-0.25, -0.2) is 0 Å². The molecule has 1 aliphatic rings. The normalized spacial score (nSPS) is 18.2. The highest BCUT2D eigenvalue weighted by atomic mass is 32.1. The molecule has 0 bridgehead atoms. The Morgan fingerprint density at radius 2 is 1.93 bits per heavy atom. The van der Waals surface area contributed by atoms with E-state index in [2.05, 4.69) is 10.6 Å². The number of hydrogen-bond donors (Lipinski definition) is 2. The van der Waals surface area contributed by atoms with Crippen LogP contribution in [-0.4, -0.2) is 22.8 Å². The van der Waals surface area contributed by atoms with Gasteiger partial charge in [-0.05, 0) is 42.9 Å². The number of halogens is 3. The second-order valence-electron chi connectivity index (χ2n) is 6.66. The maximum Gasteiger partial charge on any atom is 0.437 e. The fourth-order valence-electron chi connectivity index (χ4n) is 2.86. The zero-order chi connectivity index (χ0) is 21.8. The SMILES string of the molecule is CC1=CCC(C(=O)NC(=S)Nc2cccc(OCc3ccccc3)c2)(C(F)(F)F)O1. The van der Waals surface area contributed by atoms with Gasteiger partial charge in [0.1, 0.15) is 12.4 Å². The molecule has 2 N–H and O–H groups in total. The van der Waals surface area contributed by atoms with E-state index in [4.69, 9.17) is 21.7 Å². The molecular formula is C21H19F3N2O3S. The lowest BCUT2D eigenvalue weighted by Crippen LogP contribution is -2.58. The summed E-state index contributed by atoms with van der Waals surface area (Å²) in [5.74, 6) is -0.814. The molecular weight excluding hydrogens is 417 g/mol. The van der Waals surface area contributed by atoms with E-state index in [0.29, 0.717) is 18.0 Å². The Balaban J connectivity index is 1.61. The molecule has 1 amide bonds. The van der Waals surface area contributed by atoms with Crippen LogP contribution in [0.3, 0.4) is 0 Å². The molecule has 1 atom stereocenters. The molecule has 30 heavy (non-hydrogen) atoms. The summed E-state index contributed by atoms with van der Waals surface area (Å²) in [5.41, 5.74) is -1.55. The molecule has 3 rings (SSSR count). The number of ether oxygens (including phenoxy) is 2. The number of allylic oxidation sites excluding steroid dienone is 1. The number of carbonyl (C=O) groups excluding carboxylic acids is 1. The van der Waals surface area contributed by atoms with E-state index in [9.17, 15) is 18.0 Å². The van der Waals surface area contributed by atoms with Gasteiger partial charge in [-0.15, -0.1) is 0 Å². The number of anilines is 1. The zero-order valence-electron chi connectivity index (χ0n) is 16.0. The molecule has 1 heterocycles. The molecule has 158 valence electrons. The predicted octanol–water partition coefficient (Wildman–Crippen LogP) is 4.70. The molecule has 0 saturated heterocycles. The van der Waals surface area contributed by atoms with Crippen LogP contribution in [0, 0.1) is 0 Å². The van der Waals surface area contributed by atoms with E-state index in [0.717, 1.165) is 5.56 Å². The van der Waals surface area contributed by atoms with Crippen molar-refractivity contribution in [3.63, 3.8) is 0 Å². The Hall–Kier alpha value is -3.07. The van der Waals surface area contributed by atoms with Crippen LogP contribution >= 0.6 is 12.2 Å². The molecule has 0 aliphatic carbocycles. The van der Waals surface area contributed by atoms with Crippen LogP contribution in [0.1, 0.15) is 18.9 Å². The number of thiocarbonyl (C=S) groups is 1. The summed E-state index contributed by atoms with van der Waals surface area (Å²) in [4.78, 5) is 12.3. The summed E-state index contributed by atoms with van der Waals surface area (Å²) in [5, 5.41) is 4.49. The zero-order valence-corrected chi connectivity index (χ0v) is 16.8. The van der Waals surface area contributed by atoms with Crippen molar-refractivity contribution < 1.29 is 27.4 Å². The maximum atomic E-state index is 13.5. The quantitative estimate of drug-likeness (QED) is 0.666. The van der Waals surface area contributed by atoms with Crippen molar-refractivity contribution in [3.05, 3.63) is 72.0 Å². The van der Waals surface area contributed by atoms with Crippen molar-refractivity contribution in [2.24, 2.45) is 0 Å². The number of benzene rings is 2. The van der Waals surface area contributed by atoms with E-state index in [1.807, 2.05) is 30.3 Å². The van der Waals surface area contributed by atoms with Gasteiger partial charge < -0.3 is 14.8 Å². The van der Waals surface area contributed by atoms with Crippen molar-refractivity contribution in [1.82, 2.24) is 5.32 Å². The van der Waals surface area contributed by atoms with Gasteiger partial charge in [-0.3, -0.25) is 10.1 Å². The minimum atomic E-state index is -4.90. The topological polar surface area (TPSA) is 59.6 Å². The van der Waals surface area contributed by atoms with E-state index in [1.54, 1.807) is 24.3 Å². The highest BCUT2D eigenvalue weighted by molar-refractivity contribution is 7.80. The van der Waals surface area contributed by atoms with E-state index in [1.165, 1.54) is 13.0 Å². The Labute approximate surface area is 176 Å². The first-order valence-electron chi connectivity index (χ1n) is 9.01. The number of carbonyl (C=O) groups is 1. The van der Waals surface area contributed by atoms with Crippen LogP contribution in [0.5, 0.6) is 5.75 Å². The lowest BCUT2D eigenvalue weighted by molar-refractivity contribution is -0.249. The second-order valence-corrected chi connectivity index (χ2v) is 7.06. The monoisotopic (exact) mass is 436 g/mol. The summed E-state index contributed by atoms with van der Waals surface area (Å²) in [6, 6.07) is 16.2. The lowest BCUT2D eigenvalue weighted by Gasteiger charge is -2.30. The number of nitrogens with one attached hydrogen (secondary N) is 2. The van der Waals surface area contributed by atoms with Gasteiger partial charge in [0.2, 0.25) is 0 Å². The molecule has 0 spiro atoms. The van der Waals surface area contributed by atoms with Gasteiger partial charge in [-0.1, -0.05) is 36.4 Å². The minimum absolute atomic E-state index is 0.0321. The molecule has 5 nitrogen and oxygen atoms in total. The minimum Gasteiger partial charge on any atom is -0.489 e. The van der Waals surface area contributed by atoms with Gasteiger partial charge in [0.15, 0.2) is 5.11 Å². The smallest absolute Gasteiger partial charge is 0.437 e. The molecule has 0 aromatic heterocycles. The van der Waals surface area contributed by atoms with E-state index in [-0.39, 0.29) is 10.9 Å². The van der Waals surface area contributed by atoms with Crippen molar-refractivity contribution in [1.29, 1.82) is 0 Å². The van der Waals surface area contributed by atoms with Gasteiger partial charge >= 0.3 is 6.18 Å². The average molecular weight is 436 g/mol. The van der Waals surface area contributed by atoms with E-state index >= 15 is 0 Å². The molecule has 2 aromatic carbocycles. The third-order valence-electron chi connectivity index (χ3n) is 4.40. The van der Waals surface area contributed by atoms with Crippen molar-refractivity contribution >= 4 is 28.9 Å². The Kier molecular flexibility index (Phi) is 6.31. The van der Waals surface area contributed by atoms with Crippen LogP contribution in [0.2, 0.25) is 0 Å². The fourth-order valence-corrected chi connectivity index (χ4v) is 3.07. The van der Waals surface area contributed by atoms with Crippen LogP contribution in [-0.2, 0) is 16.1 Å². The molecule has 0 saturated carbocycles. The first kappa shape index (κ1) is 21.6. The van der Waals surface area contributed by atoms with Crippen LogP contribution in [0.25, 0.3) is 0 Å². The van der Waals surface area contributed by atoms with Crippen LogP contribution in [0.15, 0.2) is 66.4 Å². The summed E-state index contributed by atoms with van der Waals surface area (Å²) in [6.45, 7) is 1.71. The van der Waals surface area contributed by atoms with Gasteiger partial charge in [-0.2, -0.15) is 13.2 Å². The number of alkyl halides is 3. The van der Waals surface area contributed by atoms with Gasteiger partial charge in [0, 0.05) is 18.2 Å². The molecule has 2 aromatic rings. The van der Waals surface area contributed by atoms with Gasteiger partial charge in [0.25, 0.3) is 11.5 Å². The predicted molar refractivity (Wildman–Crippen MR) is 110 cm³/mol. The van der Waals surface area contributed by atoms with Crippen molar-refractivity contribution in [3.8, 4) is 5.75 Å². The summed E-state index contributed by atoms with van der Waals surface area (Å²) < 4.78 is 51.0. The maximum absolute atomic E-state index is 13.5. The largest absolute Gasteiger partial charge is 0.489 e. The van der Waals surface area contributed by atoms with Crippen LogP contribution < -0.4 is 15.4 Å².